The van der Waals surface area contributed by atoms with Crippen molar-refractivity contribution < 1.29 is 59.0 Å². The standard InChI is InChI=1S/C35H70NO12P/c1-3-5-7-9-11-13-15-16-18-20-22-26(37)24-29(39)36-27(28(38)23-21-19-17-14-12-10-8-6-4-2)25-47-49(45,46)48-35-33(43)31(41)30(40)32(42)34(35)44/h26-28,30-35,37-38,40-44H,3-25H2,1-2H3,(H,36,39)(H,45,46). The molecule has 13 nitrogen and oxygen atoms in total. The highest BCUT2D eigenvalue weighted by Crippen LogP contribution is 2.47. The third kappa shape index (κ3) is 20.2. The number of aliphatic hydroxyl groups excluding tert-OH is 7. The van der Waals surface area contributed by atoms with Gasteiger partial charge in [-0.1, -0.05) is 136 Å². The van der Waals surface area contributed by atoms with Gasteiger partial charge >= 0.3 is 7.82 Å². The van der Waals surface area contributed by atoms with Gasteiger partial charge in [0.1, 0.15) is 36.6 Å². The number of carbonyl (C=O) groups excluding carboxylic acids is 1. The minimum Gasteiger partial charge on any atom is -0.393 e. The Morgan fingerprint density at radius 2 is 1.02 bits per heavy atom. The third-order valence-electron chi connectivity index (χ3n) is 9.47. The maximum Gasteiger partial charge on any atom is 0.472 e. The summed E-state index contributed by atoms with van der Waals surface area (Å²) in [7, 11) is -5.10. The van der Waals surface area contributed by atoms with E-state index >= 15 is 0 Å². The molecule has 0 aromatic heterocycles. The second-order valence-electron chi connectivity index (χ2n) is 14.0. The Hall–Kier alpha value is -0.700. The molecule has 1 aliphatic carbocycles. The number of nitrogens with one attached hydrogen (secondary N) is 1. The van der Waals surface area contributed by atoms with Crippen molar-refractivity contribution in [1.29, 1.82) is 0 Å². The molecule has 0 saturated heterocycles. The number of carbonyl (C=O) groups is 1. The van der Waals surface area contributed by atoms with Gasteiger partial charge in [0.25, 0.3) is 0 Å². The molecular formula is C35H70NO12P. The first-order chi connectivity index (χ1) is 23.3. The normalized spacial score (nSPS) is 25.8. The van der Waals surface area contributed by atoms with Gasteiger partial charge in [0.05, 0.1) is 31.3 Å². The lowest BCUT2D eigenvalue weighted by molar-refractivity contribution is -0.220. The summed E-state index contributed by atoms with van der Waals surface area (Å²) in [6.07, 6.45) is 7.68. The molecule has 0 heterocycles. The molecule has 9 N–H and O–H groups in total. The van der Waals surface area contributed by atoms with Crippen LogP contribution < -0.4 is 5.32 Å². The molecule has 0 radical (unpaired) electrons. The molecule has 1 fully saturated rings. The Kier molecular flexibility index (Phi) is 25.5. The molecule has 1 rings (SSSR count). The van der Waals surface area contributed by atoms with E-state index in [2.05, 4.69) is 19.2 Å². The van der Waals surface area contributed by atoms with Crippen LogP contribution in [0, 0.1) is 0 Å². The van der Waals surface area contributed by atoms with Crippen LogP contribution in [0.15, 0.2) is 0 Å². The zero-order valence-corrected chi connectivity index (χ0v) is 31.0. The Morgan fingerprint density at radius 1 is 0.633 bits per heavy atom. The van der Waals surface area contributed by atoms with Crippen LogP contribution in [0.4, 0.5) is 0 Å². The molecule has 1 saturated carbocycles. The van der Waals surface area contributed by atoms with Crippen molar-refractivity contribution in [3.8, 4) is 0 Å². The molecule has 8 unspecified atom stereocenters. The first-order valence-corrected chi connectivity index (χ1v) is 20.6. The number of amides is 1. The van der Waals surface area contributed by atoms with E-state index in [-0.39, 0.29) is 12.8 Å². The molecule has 0 aromatic rings. The average molecular weight is 728 g/mol. The highest BCUT2D eigenvalue weighted by atomic mass is 31.2. The lowest BCUT2D eigenvalue weighted by atomic mass is 9.85. The van der Waals surface area contributed by atoms with Crippen molar-refractivity contribution in [3.05, 3.63) is 0 Å². The molecule has 14 heteroatoms. The molecule has 292 valence electrons. The predicted molar refractivity (Wildman–Crippen MR) is 188 cm³/mol. The lowest BCUT2D eigenvalue weighted by Crippen LogP contribution is -2.64. The average Bonchev–Trinajstić information content (AvgIpc) is 3.06. The third-order valence-corrected chi connectivity index (χ3v) is 10.5. The van der Waals surface area contributed by atoms with Gasteiger partial charge in [-0.2, -0.15) is 0 Å². The molecule has 49 heavy (non-hydrogen) atoms. The van der Waals surface area contributed by atoms with Crippen molar-refractivity contribution in [1.82, 2.24) is 5.32 Å². The van der Waals surface area contributed by atoms with E-state index in [9.17, 15) is 50.0 Å². The minimum absolute atomic E-state index is 0.218. The first-order valence-electron chi connectivity index (χ1n) is 19.1. The van der Waals surface area contributed by atoms with E-state index in [0.717, 1.165) is 51.4 Å². The Labute approximate surface area is 294 Å². The minimum atomic E-state index is -5.10. The number of hydrogen-bond acceptors (Lipinski definition) is 11. The summed E-state index contributed by atoms with van der Waals surface area (Å²) in [6.45, 7) is 3.70. The Balaban J connectivity index is 2.64. The summed E-state index contributed by atoms with van der Waals surface area (Å²) in [5.41, 5.74) is 0. The fraction of sp³-hybridized carbons (Fsp3) is 0.971. The Morgan fingerprint density at radius 3 is 1.47 bits per heavy atom. The number of rotatable bonds is 30. The van der Waals surface area contributed by atoms with Crippen LogP contribution >= 0.6 is 7.82 Å². The number of unbranched alkanes of at least 4 members (excludes halogenated alkanes) is 17. The number of phosphoric ester groups is 1. The van der Waals surface area contributed by atoms with Crippen LogP contribution in [0.1, 0.15) is 155 Å². The van der Waals surface area contributed by atoms with E-state index in [1.54, 1.807) is 0 Å². The van der Waals surface area contributed by atoms with Gasteiger partial charge in [0.15, 0.2) is 0 Å². The van der Waals surface area contributed by atoms with Crippen LogP contribution in [-0.2, 0) is 18.4 Å². The summed E-state index contributed by atoms with van der Waals surface area (Å²) in [5, 5.41) is 74.0. The molecule has 0 spiro atoms. The topological polar surface area (TPSA) is 226 Å². The fourth-order valence-corrected chi connectivity index (χ4v) is 7.21. The maximum atomic E-state index is 12.9. The maximum absolute atomic E-state index is 12.9. The number of phosphoric acid groups is 1. The van der Waals surface area contributed by atoms with Gasteiger partial charge in [-0.25, -0.2) is 4.57 Å². The SMILES string of the molecule is CCCCCCCCCCCCC(O)CC(=O)NC(COP(=O)(O)OC1C(O)C(O)C(O)C(O)C1O)C(O)CCCCCCCCCCC. The smallest absolute Gasteiger partial charge is 0.393 e. The van der Waals surface area contributed by atoms with Crippen molar-refractivity contribution in [2.75, 3.05) is 6.61 Å². The summed E-state index contributed by atoms with van der Waals surface area (Å²) in [6, 6.07) is -1.14. The lowest BCUT2D eigenvalue weighted by Gasteiger charge is -2.41. The summed E-state index contributed by atoms with van der Waals surface area (Å²) >= 11 is 0. The number of aliphatic hydroxyl groups is 7. The molecule has 1 amide bonds. The molecule has 8 atom stereocenters. The fourth-order valence-electron chi connectivity index (χ4n) is 6.24. The van der Waals surface area contributed by atoms with E-state index in [4.69, 9.17) is 9.05 Å². The van der Waals surface area contributed by atoms with Crippen LogP contribution in [0.25, 0.3) is 0 Å². The summed E-state index contributed by atoms with van der Waals surface area (Å²) < 4.78 is 22.7. The quantitative estimate of drug-likeness (QED) is 0.0376. The van der Waals surface area contributed by atoms with Crippen LogP contribution in [-0.4, -0.2) is 108 Å². The molecule has 1 aliphatic rings. The predicted octanol–water partition coefficient (Wildman–Crippen LogP) is 4.14. The molecule has 0 bridgehead atoms. The van der Waals surface area contributed by atoms with E-state index in [1.807, 2.05) is 0 Å². The first kappa shape index (κ1) is 46.3. The highest BCUT2D eigenvalue weighted by Gasteiger charge is 2.51. The number of hydrogen-bond donors (Lipinski definition) is 9. The van der Waals surface area contributed by atoms with Crippen LogP contribution in [0.3, 0.4) is 0 Å². The van der Waals surface area contributed by atoms with Crippen LogP contribution in [0.5, 0.6) is 0 Å². The Bertz CT molecular complexity index is 870. The summed E-state index contributed by atoms with van der Waals surface area (Å²) in [4.78, 5) is 23.2. The van der Waals surface area contributed by atoms with Gasteiger partial charge in [-0.3, -0.25) is 13.8 Å². The second-order valence-corrected chi connectivity index (χ2v) is 15.4. The van der Waals surface area contributed by atoms with E-state index in [1.165, 1.54) is 64.2 Å². The van der Waals surface area contributed by atoms with Crippen molar-refractivity contribution in [2.24, 2.45) is 0 Å². The van der Waals surface area contributed by atoms with E-state index < -0.39 is 75.2 Å². The molecular weight excluding hydrogens is 657 g/mol. The molecule has 0 aromatic carbocycles. The van der Waals surface area contributed by atoms with Crippen molar-refractivity contribution in [3.63, 3.8) is 0 Å². The van der Waals surface area contributed by atoms with E-state index in [0.29, 0.717) is 12.8 Å². The van der Waals surface area contributed by atoms with Gasteiger partial charge in [-0.05, 0) is 12.8 Å². The zero-order valence-electron chi connectivity index (χ0n) is 30.1. The van der Waals surface area contributed by atoms with Gasteiger partial charge < -0.3 is 46.0 Å². The van der Waals surface area contributed by atoms with Gasteiger partial charge in [-0.15, -0.1) is 0 Å². The molecule has 0 aliphatic heterocycles. The zero-order chi connectivity index (χ0) is 36.7. The summed E-state index contributed by atoms with van der Waals surface area (Å²) in [5.74, 6) is -0.564. The second kappa shape index (κ2) is 27.0. The van der Waals surface area contributed by atoms with Gasteiger partial charge in [0.2, 0.25) is 5.91 Å². The van der Waals surface area contributed by atoms with Crippen molar-refractivity contribution >= 4 is 13.7 Å². The van der Waals surface area contributed by atoms with Crippen molar-refractivity contribution in [2.45, 2.75) is 210 Å². The largest absolute Gasteiger partial charge is 0.472 e. The monoisotopic (exact) mass is 727 g/mol. The van der Waals surface area contributed by atoms with Crippen LogP contribution in [0.2, 0.25) is 0 Å². The highest BCUT2D eigenvalue weighted by molar-refractivity contribution is 7.47. The van der Waals surface area contributed by atoms with Gasteiger partial charge in [0, 0.05) is 0 Å².